The van der Waals surface area contributed by atoms with Crippen LogP contribution in [0, 0.1) is 0 Å². The Hall–Kier alpha value is -1.59. The van der Waals surface area contributed by atoms with Gasteiger partial charge in [0, 0.05) is 6.42 Å². The molecule has 1 amide bonds. The topological polar surface area (TPSA) is 149 Å². The minimum absolute atomic E-state index is 0.142. The highest BCUT2D eigenvalue weighted by Gasteiger charge is 2.44. The van der Waals surface area contributed by atoms with Crippen molar-refractivity contribution in [2.24, 2.45) is 0 Å². The summed E-state index contributed by atoms with van der Waals surface area (Å²) < 4.78 is 11.3. The quantitative estimate of drug-likeness (QED) is 0.0261. The molecule has 0 aromatic heterocycles. The van der Waals surface area contributed by atoms with Crippen LogP contribution in [-0.2, 0) is 14.3 Å². The molecule has 1 saturated heterocycles. The molecule has 0 bridgehead atoms. The minimum atomic E-state index is -1.56. The lowest BCUT2D eigenvalue weighted by atomic mass is 9.99. The SMILES string of the molecule is CCCCCCC/C=C\C/C=C\C/C=C\CCCCCCCCC(=O)NC(COC1OC(CO)C(O)C(O)C1O)C(O)CCCCCCCCCCCCCCCCCCCCCCCCCCCCC. The van der Waals surface area contributed by atoms with Gasteiger partial charge in [0.15, 0.2) is 6.29 Å². The fourth-order valence-electron chi connectivity index (χ4n) is 9.88. The number of allylic oxidation sites excluding steroid dienone is 6. The van der Waals surface area contributed by atoms with Crippen LogP contribution in [-0.4, -0.2) is 87.5 Å². The van der Waals surface area contributed by atoms with E-state index in [1.54, 1.807) is 0 Å². The van der Waals surface area contributed by atoms with Gasteiger partial charge < -0.3 is 40.3 Å². The Labute approximate surface area is 438 Å². The van der Waals surface area contributed by atoms with Crippen molar-refractivity contribution in [1.82, 2.24) is 5.32 Å². The van der Waals surface area contributed by atoms with Crippen LogP contribution in [0.5, 0.6) is 0 Å². The first-order valence-corrected chi connectivity index (χ1v) is 30.7. The Balaban J connectivity index is 2.18. The first kappa shape index (κ1) is 67.4. The van der Waals surface area contributed by atoms with Crippen molar-refractivity contribution >= 4 is 5.91 Å². The Morgan fingerprint density at radius 3 is 1.23 bits per heavy atom. The zero-order valence-electron chi connectivity index (χ0n) is 46.5. The van der Waals surface area contributed by atoms with E-state index in [4.69, 9.17) is 9.47 Å². The van der Waals surface area contributed by atoms with Gasteiger partial charge in [0.05, 0.1) is 25.4 Å². The number of amides is 1. The average Bonchev–Trinajstić information content (AvgIpc) is 3.37. The predicted molar refractivity (Wildman–Crippen MR) is 300 cm³/mol. The Kier molecular flexibility index (Phi) is 49.3. The second-order valence-electron chi connectivity index (χ2n) is 21.5. The van der Waals surface area contributed by atoms with Crippen LogP contribution >= 0.6 is 0 Å². The number of unbranched alkanes of at least 4 members (excludes halogenated alkanes) is 37. The van der Waals surface area contributed by atoms with Crippen LogP contribution in [0.25, 0.3) is 0 Å². The summed E-state index contributed by atoms with van der Waals surface area (Å²) in [5, 5.41) is 54.8. The maximum Gasteiger partial charge on any atom is 0.220 e. The predicted octanol–water partition coefficient (Wildman–Crippen LogP) is 15.5. The highest BCUT2D eigenvalue weighted by atomic mass is 16.7. The number of aliphatic hydroxyl groups excluding tert-OH is 5. The summed E-state index contributed by atoms with van der Waals surface area (Å²) in [7, 11) is 0. The molecule has 9 nitrogen and oxygen atoms in total. The van der Waals surface area contributed by atoms with Gasteiger partial charge in [-0.3, -0.25) is 4.79 Å². The van der Waals surface area contributed by atoms with Gasteiger partial charge in [-0.2, -0.15) is 0 Å². The number of ether oxygens (including phenoxy) is 2. The van der Waals surface area contributed by atoms with Gasteiger partial charge >= 0.3 is 0 Å². The third-order valence-corrected chi connectivity index (χ3v) is 14.7. The highest BCUT2D eigenvalue weighted by molar-refractivity contribution is 5.76. The van der Waals surface area contributed by atoms with E-state index in [0.29, 0.717) is 12.8 Å². The molecule has 1 rings (SSSR count). The van der Waals surface area contributed by atoms with Gasteiger partial charge in [-0.15, -0.1) is 0 Å². The van der Waals surface area contributed by atoms with Gasteiger partial charge in [0.25, 0.3) is 0 Å². The molecule has 7 atom stereocenters. The van der Waals surface area contributed by atoms with E-state index in [0.717, 1.165) is 64.2 Å². The monoisotopic (exact) mass is 1000 g/mol. The molecule has 418 valence electrons. The van der Waals surface area contributed by atoms with Crippen LogP contribution in [0.15, 0.2) is 36.5 Å². The molecule has 7 unspecified atom stereocenters. The molecule has 1 aliphatic heterocycles. The third kappa shape index (κ3) is 41.4. The number of hydrogen-bond donors (Lipinski definition) is 6. The van der Waals surface area contributed by atoms with Crippen molar-refractivity contribution in [3.05, 3.63) is 36.5 Å². The third-order valence-electron chi connectivity index (χ3n) is 14.7. The lowest BCUT2D eigenvalue weighted by Gasteiger charge is -2.40. The fraction of sp³-hybridized carbons (Fsp3) is 0.887. The van der Waals surface area contributed by atoms with Crippen LogP contribution in [0.4, 0.5) is 0 Å². The summed E-state index contributed by atoms with van der Waals surface area (Å²) in [6.45, 7) is 3.85. The largest absolute Gasteiger partial charge is 0.394 e. The lowest BCUT2D eigenvalue weighted by Crippen LogP contribution is -2.60. The molecule has 0 aromatic rings. The number of hydrogen-bond acceptors (Lipinski definition) is 8. The van der Waals surface area contributed by atoms with E-state index in [1.165, 1.54) is 205 Å². The first-order valence-electron chi connectivity index (χ1n) is 30.7. The van der Waals surface area contributed by atoms with E-state index >= 15 is 0 Å². The summed E-state index contributed by atoms with van der Waals surface area (Å²) in [4.78, 5) is 13.1. The van der Waals surface area contributed by atoms with E-state index in [-0.39, 0.29) is 12.5 Å². The second-order valence-corrected chi connectivity index (χ2v) is 21.5. The van der Waals surface area contributed by atoms with Gasteiger partial charge in [-0.05, 0) is 51.4 Å². The Morgan fingerprint density at radius 1 is 0.479 bits per heavy atom. The van der Waals surface area contributed by atoms with E-state index in [9.17, 15) is 30.3 Å². The van der Waals surface area contributed by atoms with Crippen molar-refractivity contribution in [1.29, 1.82) is 0 Å². The summed E-state index contributed by atoms with van der Waals surface area (Å²) in [5.41, 5.74) is 0. The number of nitrogens with one attached hydrogen (secondary N) is 1. The fourth-order valence-corrected chi connectivity index (χ4v) is 9.88. The van der Waals surface area contributed by atoms with Crippen LogP contribution in [0.2, 0.25) is 0 Å². The van der Waals surface area contributed by atoms with E-state index in [2.05, 4.69) is 55.6 Å². The molecule has 0 aliphatic carbocycles. The molecule has 9 heteroatoms. The van der Waals surface area contributed by atoms with Crippen molar-refractivity contribution in [3.8, 4) is 0 Å². The lowest BCUT2D eigenvalue weighted by molar-refractivity contribution is -0.302. The van der Waals surface area contributed by atoms with Gasteiger partial charge in [0.2, 0.25) is 5.91 Å². The number of rotatable bonds is 53. The smallest absolute Gasteiger partial charge is 0.220 e. The standard InChI is InChI=1S/C62H117NO8/c1-3-5-7-9-11-13-15-17-19-21-23-25-26-27-28-29-30-32-33-35-37-39-41-43-45-47-49-51-56(65)55(54-70-62-61(69)60(68)59(67)57(53-64)71-62)63-58(66)52-50-48-46-44-42-40-38-36-34-31-24-22-20-18-16-14-12-10-8-6-4-2/h16,18,22,24,34,36,55-57,59-62,64-65,67-69H,3-15,17,19-21,23,25-33,35,37-54H2,1-2H3,(H,63,66)/b18-16-,24-22-,36-34-. The zero-order valence-corrected chi connectivity index (χ0v) is 46.5. The maximum atomic E-state index is 13.1. The van der Waals surface area contributed by atoms with Crippen molar-refractivity contribution in [2.75, 3.05) is 13.2 Å². The number of aliphatic hydroxyl groups is 5. The highest BCUT2D eigenvalue weighted by Crippen LogP contribution is 2.23. The number of carbonyl (C=O) groups excluding carboxylic acids is 1. The molecular weight excluding hydrogens is 887 g/mol. The summed E-state index contributed by atoms with van der Waals surface area (Å²) in [6.07, 6.45) is 60.4. The zero-order chi connectivity index (χ0) is 51.5. The number of carbonyl (C=O) groups is 1. The van der Waals surface area contributed by atoms with Crippen LogP contribution < -0.4 is 5.32 Å². The molecule has 0 spiro atoms. The Morgan fingerprint density at radius 2 is 0.831 bits per heavy atom. The molecule has 0 aromatic carbocycles. The summed E-state index contributed by atoms with van der Waals surface area (Å²) in [5.74, 6) is -0.153. The van der Waals surface area contributed by atoms with Crippen LogP contribution in [0.1, 0.15) is 296 Å². The van der Waals surface area contributed by atoms with Gasteiger partial charge in [0.1, 0.15) is 24.4 Å². The average molecular weight is 1000 g/mol. The van der Waals surface area contributed by atoms with E-state index < -0.39 is 49.5 Å². The molecule has 0 radical (unpaired) electrons. The van der Waals surface area contributed by atoms with Crippen molar-refractivity contribution in [2.45, 2.75) is 339 Å². The second kappa shape index (κ2) is 51.9. The van der Waals surface area contributed by atoms with Gasteiger partial charge in [-0.1, -0.05) is 275 Å². The molecule has 1 fully saturated rings. The summed E-state index contributed by atoms with van der Waals surface area (Å²) >= 11 is 0. The molecule has 6 N–H and O–H groups in total. The normalized spacial score (nSPS) is 19.5. The molecule has 1 aliphatic rings. The summed E-state index contributed by atoms with van der Waals surface area (Å²) in [6, 6.07) is -0.728. The molecule has 0 saturated carbocycles. The van der Waals surface area contributed by atoms with Crippen molar-refractivity contribution in [3.63, 3.8) is 0 Å². The molecular formula is C62H117NO8. The minimum Gasteiger partial charge on any atom is -0.394 e. The van der Waals surface area contributed by atoms with E-state index in [1.807, 2.05) is 0 Å². The maximum absolute atomic E-state index is 13.1. The molecule has 1 heterocycles. The first-order chi connectivity index (χ1) is 34.8. The molecule has 71 heavy (non-hydrogen) atoms. The van der Waals surface area contributed by atoms with Crippen LogP contribution in [0.3, 0.4) is 0 Å². The Bertz CT molecular complexity index is 1210. The van der Waals surface area contributed by atoms with Gasteiger partial charge in [-0.25, -0.2) is 0 Å². The van der Waals surface area contributed by atoms with Crippen molar-refractivity contribution < 1.29 is 39.8 Å².